The molecule has 5 heteroatoms. The number of unbranched alkanes of at least 4 members (excludes halogenated alkanes) is 3. The van der Waals surface area contributed by atoms with Crippen molar-refractivity contribution in [1.82, 2.24) is 9.55 Å². The van der Waals surface area contributed by atoms with E-state index in [-0.39, 0.29) is 11.8 Å². The van der Waals surface area contributed by atoms with Gasteiger partial charge in [-0.2, -0.15) is 0 Å². The van der Waals surface area contributed by atoms with Gasteiger partial charge in [-0.25, -0.2) is 4.98 Å². The number of para-hydroxylation sites is 2. The summed E-state index contributed by atoms with van der Waals surface area (Å²) in [6.07, 6.45) is 4.82. The van der Waals surface area contributed by atoms with E-state index in [1.807, 2.05) is 25.1 Å². The fourth-order valence-electron chi connectivity index (χ4n) is 3.25. The van der Waals surface area contributed by atoms with Crippen molar-refractivity contribution in [2.24, 2.45) is 0 Å². The normalized spacial score (nSPS) is 12.4. The van der Waals surface area contributed by atoms with E-state index in [1.165, 1.54) is 19.3 Å². The number of nitrogens with one attached hydrogen (secondary N) is 1. The van der Waals surface area contributed by atoms with Crippen molar-refractivity contribution in [2.45, 2.75) is 52.1 Å². The molecule has 0 bridgehead atoms. The minimum atomic E-state index is -0.111. The third-order valence-corrected chi connectivity index (χ3v) is 4.93. The van der Waals surface area contributed by atoms with Crippen molar-refractivity contribution in [3.8, 4) is 5.75 Å². The quantitative estimate of drug-likeness (QED) is 0.467. The number of nitrogens with zero attached hydrogens (tertiary/aromatic N) is 2. The smallest absolute Gasteiger partial charge is 0.204 e. The average Bonchev–Trinajstić information content (AvgIpc) is 2.98. The van der Waals surface area contributed by atoms with Crippen LogP contribution in [0.25, 0.3) is 11.0 Å². The second-order valence-electron chi connectivity index (χ2n) is 6.71. The van der Waals surface area contributed by atoms with Crippen LogP contribution in [0.3, 0.4) is 0 Å². The summed E-state index contributed by atoms with van der Waals surface area (Å²) in [5.41, 5.74) is 2.88. The van der Waals surface area contributed by atoms with Crippen LogP contribution in [-0.4, -0.2) is 14.7 Å². The summed E-state index contributed by atoms with van der Waals surface area (Å²) in [6.45, 7) is 5.15. The maximum Gasteiger partial charge on any atom is 0.204 e. The third kappa shape index (κ3) is 4.13. The van der Waals surface area contributed by atoms with Crippen molar-refractivity contribution in [3.63, 3.8) is 0 Å². The summed E-state index contributed by atoms with van der Waals surface area (Å²) in [7, 11) is 0. The molecule has 4 nitrogen and oxygen atoms in total. The van der Waals surface area contributed by atoms with E-state index in [4.69, 9.17) is 16.6 Å². The van der Waals surface area contributed by atoms with Crippen LogP contribution in [0.2, 0.25) is 5.02 Å². The number of hydrogen-bond donors (Lipinski definition) is 2. The van der Waals surface area contributed by atoms with Crippen molar-refractivity contribution < 1.29 is 5.11 Å². The van der Waals surface area contributed by atoms with E-state index >= 15 is 0 Å². The molecule has 26 heavy (non-hydrogen) atoms. The van der Waals surface area contributed by atoms with Crippen molar-refractivity contribution in [2.75, 3.05) is 5.32 Å². The molecule has 1 heterocycles. The monoisotopic (exact) mass is 371 g/mol. The Balaban J connectivity index is 1.87. The molecule has 0 fully saturated rings. The molecule has 0 saturated carbocycles. The molecule has 0 aliphatic carbocycles. The first-order valence-electron chi connectivity index (χ1n) is 9.30. The van der Waals surface area contributed by atoms with Gasteiger partial charge in [0.15, 0.2) is 0 Å². The van der Waals surface area contributed by atoms with Crippen LogP contribution in [0.1, 0.15) is 51.1 Å². The lowest BCUT2D eigenvalue weighted by molar-refractivity contribution is 0.465. The maximum atomic E-state index is 10.2. The number of fused-ring (bicyclic) bond motifs is 1. The zero-order valence-corrected chi connectivity index (χ0v) is 16.1. The van der Waals surface area contributed by atoms with Crippen LogP contribution in [0.5, 0.6) is 5.75 Å². The van der Waals surface area contributed by atoms with E-state index in [1.54, 1.807) is 18.2 Å². The van der Waals surface area contributed by atoms with Crippen LogP contribution in [0.15, 0.2) is 42.5 Å². The molecular weight excluding hydrogens is 346 g/mol. The number of aromatic hydroxyl groups is 1. The lowest BCUT2D eigenvalue weighted by atomic mass is 10.1. The van der Waals surface area contributed by atoms with Gasteiger partial charge in [-0.15, -0.1) is 0 Å². The summed E-state index contributed by atoms with van der Waals surface area (Å²) in [5, 5.41) is 14.2. The first-order valence-corrected chi connectivity index (χ1v) is 9.68. The first kappa shape index (κ1) is 18.6. The predicted molar refractivity (Wildman–Crippen MR) is 109 cm³/mol. The minimum absolute atomic E-state index is 0.111. The maximum absolute atomic E-state index is 10.2. The molecule has 138 valence electrons. The summed E-state index contributed by atoms with van der Waals surface area (Å²) in [4.78, 5) is 4.77. The molecule has 0 spiro atoms. The number of imidazole rings is 1. The summed E-state index contributed by atoms with van der Waals surface area (Å²) in [5.74, 6) is 1.06. The van der Waals surface area contributed by atoms with E-state index in [9.17, 15) is 5.11 Å². The first-order chi connectivity index (χ1) is 12.6. The zero-order valence-electron chi connectivity index (χ0n) is 15.4. The van der Waals surface area contributed by atoms with Crippen LogP contribution in [-0.2, 0) is 6.54 Å². The molecule has 0 radical (unpaired) electrons. The molecule has 0 aliphatic heterocycles. The summed E-state index contributed by atoms with van der Waals surface area (Å²) >= 11 is 6.10. The Morgan fingerprint density at radius 3 is 2.77 bits per heavy atom. The van der Waals surface area contributed by atoms with Crippen molar-refractivity contribution >= 4 is 28.6 Å². The average molecular weight is 372 g/mol. The van der Waals surface area contributed by atoms with Crippen LogP contribution >= 0.6 is 11.6 Å². The number of benzene rings is 2. The molecule has 0 saturated heterocycles. The zero-order chi connectivity index (χ0) is 18.5. The number of halogens is 1. The molecule has 1 aromatic heterocycles. The van der Waals surface area contributed by atoms with E-state index < -0.39 is 0 Å². The van der Waals surface area contributed by atoms with E-state index in [2.05, 4.69) is 22.9 Å². The highest BCUT2D eigenvalue weighted by molar-refractivity contribution is 6.30. The fraction of sp³-hybridized carbons (Fsp3) is 0.381. The molecule has 0 aliphatic rings. The standard InChI is InChI=1S/C21H26ClN3O/c1-3-4-5-8-13-25-19-10-7-6-9-18(19)24-21(25)23-15(2)17-14-16(22)11-12-20(17)26/h6-7,9-12,14-15,26H,3-5,8,13H2,1-2H3,(H,23,24)/t15-/m0/s1. The second-order valence-corrected chi connectivity index (χ2v) is 7.14. The third-order valence-electron chi connectivity index (χ3n) is 4.69. The fourth-order valence-corrected chi connectivity index (χ4v) is 3.43. The number of phenolic OH excluding ortho intramolecular Hbond substituents is 1. The Morgan fingerprint density at radius 1 is 1.15 bits per heavy atom. The Morgan fingerprint density at radius 2 is 1.96 bits per heavy atom. The highest BCUT2D eigenvalue weighted by Gasteiger charge is 2.16. The Kier molecular flexibility index (Phi) is 6.04. The molecule has 2 N–H and O–H groups in total. The number of aromatic nitrogens is 2. The van der Waals surface area contributed by atoms with Gasteiger partial charge in [-0.3, -0.25) is 0 Å². The van der Waals surface area contributed by atoms with Crippen LogP contribution in [0.4, 0.5) is 5.95 Å². The Bertz CT molecular complexity index is 875. The van der Waals surface area contributed by atoms with E-state index in [0.29, 0.717) is 5.02 Å². The number of aryl methyl sites for hydroxylation is 1. The molecule has 1 atom stereocenters. The molecule has 2 aromatic carbocycles. The van der Waals surface area contributed by atoms with Gasteiger partial charge in [0, 0.05) is 17.1 Å². The largest absolute Gasteiger partial charge is 0.508 e. The predicted octanol–water partition coefficient (Wildman–Crippen LogP) is 6.15. The number of anilines is 1. The Labute approximate surface area is 159 Å². The van der Waals surface area contributed by atoms with Gasteiger partial charge in [0.2, 0.25) is 5.95 Å². The lowest BCUT2D eigenvalue weighted by Crippen LogP contribution is -2.12. The number of phenols is 1. The molecule has 0 unspecified atom stereocenters. The SMILES string of the molecule is CCCCCCn1c(N[C@@H](C)c2cc(Cl)ccc2O)nc2ccccc21. The molecule has 3 rings (SSSR count). The number of rotatable bonds is 8. The van der Waals surface area contributed by atoms with Gasteiger partial charge < -0.3 is 15.0 Å². The van der Waals surface area contributed by atoms with Gasteiger partial charge >= 0.3 is 0 Å². The molecule has 0 amide bonds. The lowest BCUT2D eigenvalue weighted by Gasteiger charge is -2.18. The minimum Gasteiger partial charge on any atom is -0.508 e. The van der Waals surface area contributed by atoms with Gasteiger partial charge in [0.05, 0.1) is 17.1 Å². The Hall–Kier alpha value is -2.20. The second kappa shape index (κ2) is 8.45. The van der Waals surface area contributed by atoms with Gasteiger partial charge in [-0.1, -0.05) is 49.9 Å². The highest BCUT2D eigenvalue weighted by atomic mass is 35.5. The summed E-state index contributed by atoms with van der Waals surface area (Å²) < 4.78 is 2.24. The van der Waals surface area contributed by atoms with Gasteiger partial charge in [0.25, 0.3) is 0 Å². The van der Waals surface area contributed by atoms with Crippen LogP contribution in [0, 0.1) is 0 Å². The van der Waals surface area contributed by atoms with Gasteiger partial charge in [0.1, 0.15) is 5.75 Å². The topological polar surface area (TPSA) is 50.1 Å². The van der Waals surface area contributed by atoms with Crippen LogP contribution < -0.4 is 5.32 Å². The van der Waals surface area contributed by atoms with Crippen molar-refractivity contribution in [3.05, 3.63) is 53.1 Å². The molecule has 3 aromatic rings. The van der Waals surface area contributed by atoms with Crippen molar-refractivity contribution in [1.29, 1.82) is 0 Å². The summed E-state index contributed by atoms with van der Waals surface area (Å²) in [6, 6.07) is 13.2. The highest BCUT2D eigenvalue weighted by Crippen LogP contribution is 2.30. The molecular formula is C21H26ClN3O. The van der Waals surface area contributed by atoms with Gasteiger partial charge in [-0.05, 0) is 43.7 Å². The number of hydrogen-bond acceptors (Lipinski definition) is 3. The van der Waals surface area contributed by atoms with E-state index in [0.717, 1.165) is 35.5 Å².